The molecule has 0 atom stereocenters. The summed E-state index contributed by atoms with van der Waals surface area (Å²) in [4.78, 5) is 23.4. The fourth-order valence-corrected chi connectivity index (χ4v) is 3.51. The maximum absolute atomic E-state index is 12.7. The van der Waals surface area contributed by atoms with Crippen LogP contribution in [-0.4, -0.2) is 23.0 Å². The van der Waals surface area contributed by atoms with Crippen molar-refractivity contribution in [2.24, 2.45) is 0 Å². The van der Waals surface area contributed by atoms with Crippen molar-refractivity contribution in [1.82, 2.24) is 0 Å². The van der Waals surface area contributed by atoms with Crippen molar-refractivity contribution in [2.45, 2.75) is 19.4 Å². The minimum Gasteiger partial charge on any atom is -0.490 e. The van der Waals surface area contributed by atoms with Crippen LogP contribution in [0.3, 0.4) is 0 Å². The van der Waals surface area contributed by atoms with Gasteiger partial charge in [-0.25, -0.2) is 0 Å². The molecule has 31 heavy (non-hydrogen) atoms. The molecule has 0 fully saturated rings. The number of hydrogen-bond acceptors (Lipinski definition) is 6. The number of fused-ring (bicyclic) bond motifs is 2. The van der Waals surface area contributed by atoms with E-state index in [2.05, 4.69) is 10.6 Å². The van der Waals surface area contributed by atoms with E-state index in [0.29, 0.717) is 33.8 Å². The predicted molar refractivity (Wildman–Crippen MR) is 118 cm³/mol. The Morgan fingerprint density at radius 2 is 1.65 bits per heavy atom. The van der Waals surface area contributed by atoms with Crippen LogP contribution in [0.1, 0.15) is 29.8 Å². The Bertz CT molecular complexity index is 1210. The molecule has 4 rings (SSSR count). The highest BCUT2D eigenvalue weighted by atomic mass is 16.6. The lowest BCUT2D eigenvalue weighted by molar-refractivity contribution is -0.385. The maximum Gasteiger partial charge on any atom is 0.310 e. The van der Waals surface area contributed by atoms with Gasteiger partial charge in [-0.3, -0.25) is 14.9 Å². The zero-order valence-corrected chi connectivity index (χ0v) is 17.2. The summed E-state index contributed by atoms with van der Waals surface area (Å²) in [5.41, 5.74) is 3.32. The Labute approximate surface area is 178 Å². The second-order valence-corrected chi connectivity index (χ2v) is 7.80. The summed E-state index contributed by atoms with van der Waals surface area (Å²) in [6.07, 6.45) is 0. The van der Waals surface area contributed by atoms with Crippen LogP contribution in [0, 0.1) is 10.1 Å². The number of benzene rings is 3. The molecular weight excluding hydrogens is 398 g/mol. The van der Waals surface area contributed by atoms with Crippen LogP contribution in [0.2, 0.25) is 0 Å². The largest absolute Gasteiger partial charge is 0.490 e. The molecule has 0 radical (unpaired) electrons. The van der Waals surface area contributed by atoms with Gasteiger partial charge < -0.3 is 20.5 Å². The second kappa shape index (κ2) is 7.41. The number of carbonyl (C=O) groups excluding carboxylic acids is 1. The number of nitrogens with zero attached hydrogens (tertiary/aromatic N) is 1. The highest BCUT2D eigenvalue weighted by Crippen LogP contribution is 2.38. The van der Waals surface area contributed by atoms with Gasteiger partial charge in [0.05, 0.1) is 40.3 Å². The first-order valence-electron chi connectivity index (χ1n) is 9.59. The van der Waals surface area contributed by atoms with Gasteiger partial charge in [0.15, 0.2) is 5.75 Å². The van der Waals surface area contributed by atoms with Gasteiger partial charge in [0.1, 0.15) is 0 Å². The third-order valence-corrected chi connectivity index (χ3v) is 5.22. The highest BCUT2D eigenvalue weighted by molar-refractivity contribution is 6.12. The van der Waals surface area contributed by atoms with Crippen molar-refractivity contribution in [1.29, 1.82) is 0 Å². The number of nitro benzene ring substituents is 1. The molecule has 1 heterocycles. The van der Waals surface area contributed by atoms with Gasteiger partial charge in [-0.05, 0) is 66.9 Å². The van der Waals surface area contributed by atoms with Crippen LogP contribution in [0.15, 0.2) is 54.6 Å². The van der Waals surface area contributed by atoms with E-state index in [1.54, 1.807) is 62.4 Å². The number of aliphatic hydroxyl groups is 1. The van der Waals surface area contributed by atoms with E-state index in [-0.39, 0.29) is 17.3 Å². The third-order valence-electron chi connectivity index (χ3n) is 5.22. The van der Waals surface area contributed by atoms with E-state index in [4.69, 9.17) is 4.74 Å². The van der Waals surface area contributed by atoms with Crippen molar-refractivity contribution < 1.29 is 19.6 Å². The minimum atomic E-state index is -1.03. The number of anilines is 3. The Kier molecular flexibility index (Phi) is 4.87. The normalized spacial score (nSPS) is 12.7. The molecule has 0 spiro atoms. The first-order chi connectivity index (χ1) is 14.7. The van der Waals surface area contributed by atoms with Crippen molar-refractivity contribution in [3.63, 3.8) is 0 Å². The van der Waals surface area contributed by atoms with Crippen LogP contribution in [0.4, 0.5) is 22.7 Å². The van der Waals surface area contributed by atoms with Gasteiger partial charge in [-0.2, -0.15) is 0 Å². The molecule has 0 aromatic heterocycles. The van der Waals surface area contributed by atoms with Crippen LogP contribution >= 0.6 is 0 Å². The molecule has 0 saturated heterocycles. The quantitative estimate of drug-likeness (QED) is 0.413. The number of nitro groups is 1. The fraction of sp³-hybridized carbons (Fsp3) is 0.174. The standard InChI is InChI=1S/C23H21N3O5/c1-23(2,28)15-6-8-17-19(12-15)24-18-10-13(4-7-16(18)22(27)25-17)14-5-9-20(26(29)30)21(11-14)31-3/h4-12,24,28H,1-3H3,(H,25,27). The van der Waals surface area contributed by atoms with E-state index >= 15 is 0 Å². The number of hydrogen-bond donors (Lipinski definition) is 3. The van der Waals surface area contributed by atoms with Crippen molar-refractivity contribution in [3.8, 4) is 16.9 Å². The Morgan fingerprint density at radius 1 is 0.935 bits per heavy atom. The molecule has 8 heteroatoms. The lowest BCUT2D eigenvalue weighted by Gasteiger charge is -2.20. The van der Waals surface area contributed by atoms with Crippen molar-refractivity contribution >= 4 is 28.7 Å². The van der Waals surface area contributed by atoms with Crippen molar-refractivity contribution in [2.75, 3.05) is 17.7 Å². The SMILES string of the molecule is COc1cc(-c2ccc3c(c2)Nc2cc(C(C)(C)O)ccc2NC3=O)ccc1[N+](=O)[O-]. The molecule has 8 nitrogen and oxygen atoms in total. The molecule has 0 bridgehead atoms. The van der Waals surface area contributed by atoms with Crippen LogP contribution in [0.25, 0.3) is 11.1 Å². The molecule has 3 aromatic carbocycles. The molecule has 158 valence electrons. The molecule has 3 N–H and O–H groups in total. The molecule has 0 unspecified atom stereocenters. The van der Waals surface area contributed by atoms with E-state index in [1.165, 1.54) is 13.2 Å². The predicted octanol–water partition coefficient (Wildman–Crippen LogP) is 4.81. The molecular formula is C23H21N3O5. The smallest absolute Gasteiger partial charge is 0.310 e. The Morgan fingerprint density at radius 3 is 2.32 bits per heavy atom. The van der Waals surface area contributed by atoms with Gasteiger partial charge in [0.2, 0.25) is 0 Å². The zero-order valence-electron chi connectivity index (χ0n) is 17.2. The number of nitrogens with one attached hydrogen (secondary N) is 2. The lowest BCUT2D eigenvalue weighted by Crippen LogP contribution is -2.16. The summed E-state index contributed by atoms with van der Waals surface area (Å²) in [5.74, 6) is -0.103. The second-order valence-electron chi connectivity index (χ2n) is 7.80. The zero-order chi connectivity index (χ0) is 22.3. The number of amides is 1. The summed E-state index contributed by atoms with van der Waals surface area (Å²) in [6, 6.07) is 15.2. The average Bonchev–Trinajstić information content (AvgIpc) is 2.87. The minimum absolute atomic E-state index is 0.119. The van der Waals surface area contributed by atoms with Crippen LogP contribution in [0.5, 0.6) is 5.75 Å². The average molecular weight is 419 g/mol. The first-order valence-corrected chi connectivity index (χ1v) is 9.59. The Hall–Kier alpha value is -3.91. The van der Waals surface area contributed by atoms with E-state index < -0.39 is 10.5 Å². The summed E-state index contributed by atoms with van der Waals surface area (Å²) >= 11 is 0. The van der Waals surface area contributed by atoms with E-state index in [9.17, 15) is 20.0 Å². The molecule has 3 aromatic rings. The van der Waals surface area contributed by atoms with Gasteiger partial charge >= 0.3 is 5.69 Å². The molecule has 1 aliphatic heterocycles. The summed E-state index contributed by atoms with van der Waals surface area (Å²) in [5, 5.41) is 27.7. The van der Waals surface area contributed by atoms with Gasteiger partial charge in [-0.1, -0.05) is 12.1 Å². The van der Waals surface area contributed by atoms with Gasteiger partial charge in [-0.15, -0.1) is 0 Å². The topological polar surface area (TPSA) is 114 Å². The molecule has 1 aliphatic rings. The molecule has 0 saturated carbocycles. The maximum atomic E-state index is 12.7. The first kappa shape index (κ1) is 20.4. The summed E-state index contributed by atoms with van der Waals surface area (Å²) < 4.78 is 5.16. The van der Waals surface area contributed by atoms with Gasteiger partial charge in [0, 0.05) is 6.07 Å². The summed E-state index contributed by atoms with van der Waals surface area (Å²) in [7, 11) is 1.38. The van der Waals surface area contributed by atoms with Gasteiger partial charge in [0.25, 0.3) is 5.91 Å². The fourth-order valence-electron chi connectivity index (χ4n) is 3.51. The number of rotatable bonds is 4. The monoisotopic (exact) mass is 419 g/mol. The van der Waals surface area contributed by atoms with Crippen LogP contribution in [-0.2, 0) is 5.60 Å². The van der Waals surface area contributed by atoms with Crippen molar-refractivity contribution in [3.05, 3.63) is 75.8 Å². The van der Waals surface area contributed by atoms with E-state index in [0.717, 1.165) is 5.56 Å². The Balaban J connectivity index is 1.78. The van der Waals surface area contributed by atoms with Crippen LogP contribution < -0.4 is 15.4 Å². The van der Waals surface area contributed by atoms with E-state index in [1.807, 2.05) is 0 Å². The lowest BCUT2D eigenvalue weighted by atomic mass is 9.97. The number of ether oxygens (including phenoxy) is 1. The number of methoxy groups -OCH3 is 1. The highest BCUT2D eigenvalue weighted by Gasteiger charge is 2.23. The number of carbonyl (C=O) groups is 1. The third kappa shape index (κ3) is 3.80. The molecule has 0 aliphatic carbocycles. The molecule has 1 amide bonds. The summed E-state index contributed by atoms with van der Waals surface area (Å²) in [6.45, 7) is 3.38.